The number of nitrogens with zero attached hydrogens (tertiary/aromatic N) is 1. The molecule has 0 saturated carbocycles. The standard InChI is InChI=1S/C8H6F5N/c1-4-3-14-6(8(11,12)13)2-5(4)7(9)10/h2-3,7H,1H3. The maximum Gasteiger partial charge on any atom is 0.433 e. The number of rotatable bonds is 1. The third-order valence-corrected chi connectivity index (χ3v) is 1.67. The highest BCUT2D eigenvalue weighted by atomic mass is 19.4. The normalized spacial score (nSPS) is 12.2. The largest absolute Gasteiger partial charge is 0.433 e. The monoisotopic (exact) mass is 211 g/mol. The number of halogens is 5. The van der Waals surface area contributed by atoms with Crippen LogP contribution in [0.2, 0.25) is 0 Å². The summed E-state index contributed by atoms with van der Waals surface area (Å²) in [5, 5.41) is 0. The van der Waals surface area contributed by atoms with Gasteiger partial charge in [0.2, 0.25) is 0 Å². The molecule has 1 nitrogen and oxygen atoms in total. The third-order valence-electron chi connectivity index (χ3n) is 1.67. The van der Waals surface area contributed by atoms with E-state index < -0.39 is 23.9 Å². The first-order valence-electron chi connectivity index (χ1n) is 3.64. The summed E-state index contributed by atoms with van der Waals surface area (Å²) in [6.07, 6.45) is -6.80. The maximum atomic E-state index is 12.2. The van der Waals surface area contributed by atoms with E-state index in [0.29, 0.717) is 6.07 Å². The third kappa shape index (κ3) is 2.18. The molecular weight excluding hydrogens is 205 g/mol. The van der Waals surface area contributed by atoms with Gasteiger partial charge < -0.3 is 0 Å². The molecule has 0 bridgehead atoms. The summed E-state index contributed by atoms with van der Waals surface area (Å²) in [4.78, 5) is 3.03. The highest BCUT2D eigenvalue weighted by Gasteiger charge is 2.33. The van der Waals surface area contributed by atoms with Crippen molar-refractivity contribution in [1.29, 1.82) is 0 Å². The zero-order chi connectivity index (χ0) is 10.9. The lowest BCUT2D eigenvalue weighted by atomic mass is 10.1. The van der Waals surface area contributed by atoms with Crippen molar-refractivity contribution in [3.8, 4) is 0 Å². The van der Waals surface area contributed by atoms with Crippen LogP contribution in [0.5, 0.6) is 0 Å². The van der Waals surface area contributed by atoms with Crippen LogP contribution >= 0.6 is 0 Å². The Labute approximate surface area is 76.6 Å². The summed E-state index contributed by atoms with van der Waals surface area (Å²) in [7, 11) is 0. The van der Waals surface area contributed by atoms with E-state index in [1.807, 2.05) is 0 Å². The van der Waals surface area contributed by atoms with Crippen molar-refractivity contribution < 1.29 is 22.0 Å². The molecule has 1 aromatic heterocycles. The Hall–Kier alpha value is -1.20. The topological polar surface area (TPSA) is 12.9 Å². The summed E-state index contributed by atoms with van der Waals surface area (Å²) >= 11 is 0. The van der Waals surface area contributed by atoms with Crippen LogP contribution < -0.4 is 0 Å². The lowest BCUT2D eigenvalue weighted by Gasteiger charge is -2.09. The van der Waals surface area contributed by atoms with Gasteiger partial charge in [-0.25, -0.2) is 8.78 Å². The Kier molecular flexibility index (Phi) is 2.73. The molecule has 0 fully saturated rings. The van der Waals surface area contributed by atoms with Crippen LogP contribution in [0, 0.1) is 6.92 Å². The van der Waals surface area contributed by atoms with Gasteiger partial charge in [0.05, 0.1) is 0 Å². The molecule has 0 atom stereocenters. The number of hydrogen-bond acceptors (Lipinski definition) is 1. The Morgan fingerprint density at radius 1 is 1.29 bits per heavy atom. The molecule has 1 aromatic rings. The van der Waals surface area contributed by atoms with Crippen LogP contribution in [-0.2, 0) is 6.18 Å². The number of hydrogen-bond donors (Lipinski definition) is 0. The molecule has 0 aliphatic rings. The molecule has 0 spiro atoms. The molecule has 0 N–H and O–H groups in total. The van der Waals surface area contributed by atoms with Crippen LogP contribution in [0.4, 0.5) is 22.0 Å². The number of aromatic nitrogens is 1. The first-order chi connectivity index (χ1) is 6.32. The van der Waals surface area contributed by atoms with Gasteiger partial charge in [0.1, 0.15) is 5.69 Å². The second-order valence-electron chi connectivity index (χ2n) is 2.72. The van der Waals surface area contributed by atoms with E-state index in [4.69, 9.17) is 0 Å². The summed E-state index contributed by atoms with van der Waals surface area (Å²) in [5.74, 6) is 0. The van der Waals surface area contributed by atoms with E-state index in [9.17, 15) is 22.0 Å². The van der Waals surface area contributed by atoms with Crippen molar-refractivity contribution in [2.75, 3.05) is 0 Å². The number of alkyl halides is 5. The van der Waals surface area contributed by atoms with Gasteiger partial charge >= 0.3 is 6.18 Å². The maximum absolute atomic E-state index is 12.2. The zero-order valence-corrected chi connectivity index (χ0v) is 7.07. The number of aryl methyl sites for hydroxylation is 1. The van der Waals surface area contributed by atoms with Crippen LogP contribution in [0.25, 0.3) is 0 Å². The average Bonchev–Trinajstić information content (AvgIpc) is 2.02. The van der Waals surface area contributed by atoms with E-state index in [0.717, 1.165) is 6.20 Å². The summed E-state index contributed by atoms with van der Waals surface area (Å²) in [6.45, 7) is 1.29. The van der Waals surface area contributed by atoms with Crippen LogP contribution in [-0.4, -0.2) is 4.98 Å². The van der Waals surface area contributed by atoms with Crippen molar-refractivity contribution >= 4 is 0 Å². The molecule has 0 amide bonds. The van der Waals surface area contributed by atoms with Crippen molar-refractivity contribution in [1.82, 2.24) is 4.98 Å². The smallest absolute Gasteiger partial charge is 0.251 e. The summed E-state index contributed by atoms with van der Waals surface area (Å²) in [5.41, 5.74) is -1.88. The molecule has 1 rings (SSSR count). The van der Waals surface area contributed by atoms with Crippen LogP contribution in [0.3, 0.4) is 0 Å². The Morgan fingerprint density at radius 2 is 1.86 bits per heavy atom. The van der Waals surface area contributed by atoms with Gasteiger partial charge in [-0.2, -0.15) is 13.2 Å². The first kappa shape index (κ1) is 10.9. The van der Waals surface area contributed by atoms with Gasteiger partial charge in [-0.3, -0.25) is 4.98 Å². The molecule has 0 radical (unpaired) electrons. The minimum Gasteiger partial charge on any atom is -0.251 e. The van der Waals surface area contributed by atoms with Crippen molar-refractivity contribution in [2.24, 2.45) is 0 Å². The van der Waals surface area contributed by atoms with Gasteiger partial charge in [0.15, 0.2) is 0 Å². The lowest BCUT2D eigenvalue weighted by molar-refractivity contribution is -0.141. The molecule has 0 aliphatic carbocycles. The Bertz CT molecular complexity index is 331. The molecule has 0 aromatic carbocycles. The lowest BCUT2D eigenvalue weighted by Crippen LogP contribution is -2.09. The molecule has 1 heterocycles. The van der Waals surface area contributed by atoms with E-state index in [-0.39, 0.29) is 5.56 Å². The predicted molar refractivity (Wildman–Crippen MR) is 38.9 cm³/mol. The second kappa shape index (κ2) is 3.51. The fourth-order valence-corrected chi connectivity index (χ4v) is 0.929. The quantitative estimate of drug-likeness (QED) is 0.649. The summed E-state index contributed by atoms with van der Waals surface area (Å²) in [6, 6.07) is 0.375. The molecule has 0 unspecified atom stereocenters. The van der Waals surface area contributed by atoms with Gasteiger partial charge in [0.25, 0.3) is 6.43 Å². The van der Waals surface area contributed by atoms with Crippen molar-refractivity contribution in [3.05, 3.63) is 29.1 Å². The number of pyridine rings is 1. The van der Waals surface area contributed by atoms with E-state index >= 15 is 0 Å². The van der Waals surface area contributed by atoms with Crippen molar-refractivity contribution in [2.45, 2.75) is 19.5 Å². The highest BCUT2D eigenvalue weighted by Crippen LogP contribution is 2.31. The first-order valence-corrected chi connectivity index (χ1v) is 3.64. The molecule has 0 saturated heterocycles. The van der Waals surface area contributed by atoms with E-state index in [1.54, 1.807) is 0 Å². The summed E-state index contributed by atoms with van der Waals surface area (Å²) < 4.78 is 60.6. The second-order valence-corrected chi connectivity index (χ2v) is 2.72. The minimum absolute atomic E-state index is 0.0491. The molecule has 14 heavy (non-hydrogen) atoms. The van der Waals surface area contributed by atoms with Gasteiger partial charge in [0, 0.05) is 11.8 Å². The Morgan fingerprint density at radius 3 is 2.29 bits per heavy atom. The van der Waals surface area contributed by atoms with Gasteiger partial charge in [-0.15, -0.1) is 0 Å². The fraction of sp³-hybridized carbons (Fsp3) is 0.375. The molecule has 0 aliphatic heterocycles. The predicted octanol–water partition coefficient (Wildman–Crippen LogP) is 3.35. The fourth-order valence-electron chi connectivity index (χ4n) is 0.929. The highest BCUT2D eigenvalue weighted by molar-refractivity contribution is 5.27. The zero-order valence-electron chi connectivity index (χ0n) is 7.07. The molecule has 78 valence electrons. The van der Waals surface area contributed by atoms with Crippen LogP contribution in [0.1, 0.15) is 23.2 Å². The molecular formula is C8H6F5N. The minimum atomic E-state index is -4.68. The SMILES string of the molecule is Cc1cnc(C(F)(F)F)cc1C(F)F. The Balaban J connectivity index is 3.20. The van der Waals surface area contributed by atoms with Gasteiger partial charge in [-0.05, 0) is 18.6 Å². The van der Waals surface area contributed by atoms with E-state index in [2.05, 4.69) is 4.98 Å². The molecule has 6 heteroatoms. The van der Waals surface area contributed by atoms with E-state index in [1.165, 1.54) is 6.92 Å². The van der Waals surface area contributed by atoms with Gasteiger partial charge in [-0.1, -0.05) is 0 Å². The average molecular weight is 211 g/mol. The van der Waals surface area contributed by atoms with Crippen molar-refractivity contribution in [3.63, 3.8) is 0 Å². The van der Waals surface area contributed by atoms with Crippen LogP contribution in [0.15, 0.2) is 12.3 Å².